The number of nitrogens with zero attached hydrogens (tertiary/aromatic N) is 1. The topological polar surface area (TPSA) is 71.1 Å². The van der Waals surface area contributed by atoms with Crippen molar-refractivity contribution in [3.8, 4) is 0 Å². The first kappa shape index (κ1) is 15.9. The van der Waals surface area contributed by atoms with E-state index in [1.165, 1.54) is 0 Å². The summed E-state index contributed by atoms with van der Waals surface area (Å²) in [5.41, 5.74) is 2.19. The van der Waals surface area contributed by atoms with Crippen LogP contribution in [0.15, 0.2) is 46.0 Å². The van der Waals surface area contributed by atoms with E-state index in [9.17, 15) is 8.42 Å². The molecule has 0 fully saturated rings. The molecule has 2 aromatic rings. The molecule has 0 bridgehead atoms. The predicted octanol–water partition coefficient (Wildman–Crippen LogP) is 2.67. The van der Waals surface area contributed by atoms with Gasteiger partial charge in [-0.25, -0.2) is 8.42 Å². The monoisotopic (exact) mass is 369 g/mol. The number of aromatic nitrogens is 1. The quantitative estimate of drug-likeness (QED) is 0.849. The molecule has 0 saturated carbocycles. The molecule has 2 N–H and O–H groups in total. The molecule has 0 aliphatic heterocycles. The zero-order chi connectivity index (χ0) is 15.5. The zero-order valence-corrected chi connectivity index (χ0v) is 14.1. The average Bonchev–Trinajstić information content (AvgIpc) is 2.43. The summed E-state index contributed by atoms with van der Waals surface area (Å²) in [6.45, 7) is 2.40. The van der Waals surface area contributed by atoms with Crippen LogP contribution >= 0.6 is 15.9 Å². The van der Waals surface area contributed by atoms with Gasteiger partial charge in [-0.3, -0.25) is 9.71 Å². The summed E-state index contributed by atoms with van der Waals surface area (Å²) < 4.78 is 28.2. The van der Waals surface area contributed by atoms with Gasteiger partial charge in [0.15, 0.2) is 0 Å². The molecule has 0 aliphatic carbocycles. The molecule has 0 amide bonds. The van der Waals surface area contributed by atoms with Gasteiger partial charge in [-0.2, -0.15) is 0 Å². The van der Waals surface area contributed by atoms with E-state index in [1.807, 2.05) is 13.1 Å². The lowest BCUT2D eigenvalue weighted by Gasteiger charge is -2.12. The molecule has 1 aromatic heterocycles. The van der Waals surface area contributed by atoms with E-state index in [4.69, 9.17) is 0 Å². The van der Waals surface area contributed by atoms with Crippen molar-refractivity contribution in [3.05, 3.63) is 52.3 Å². The second-order valence-electron chi connectivity index (χ2n) is 4.59. The number of aryl methyl sites for hydroxylation is 1. The lowest BCUT2D eigenvalue weighted by Crippen LogP contribution is -2.15. The zero-order valence-electron chi connectivity index (χ0n) is 11.7. The molecule has 0 aliphatic rings. The van der Waals surface area contributed by atoms with Crippen molar-refractivity contribution in [1.82, 2.24) is 10.3 Å². The van der Waals surface area contributed by atoms with E-state index >= 15 is 0 Å². The molecule has 1 aromatic carbocycles. The third-order valence-corrected chi connectivity index (χ3v) is 5.29. The van der Waals surface area contributed by atoms with E-state index in [-0.39, 0.29) is 4.90 Å². The van der Waals surface area contributed by atoms with E-state index in [0.717, 1.165) is 11.1 Å². The highest BCUT2D eigenvalue weighted by Crippen LogP contribution is 2.26. The smallest absolute Gasteiger partial charge is 0.263 e. The van der Waals surface area contributed by atoms with E-state index in [1.54, 1.807) is 37.5 Å². The van der Waals surface area contributed by atoms with Crippen molar-refractivity contribution in [2.75, 3.05) is 11.8 Å². The number of pyridine rings is 1. The van der Waals surface area contributed by atoms with E-state index in [0.29, 0.717) is 16.7 Å². The first-order valence-corrected chi connectivity index (χ1v) is 8.58. The summed E-state index contributed by atoms with van der Waals surface area (Å²) in [6.07, 6.45) is 3.17. The van der Waals surface area contributed by atoms with Crippen LogP contribution < -0.4 is 10.0 Å². The summed E-state index contributed by atoms with van der Waals surface area (Å²) in [5.74, 6) is 0. The van der Waals surface area contributed by atoms with Gasteiger partial charge in [-0.15, -0.1) is 0 Å². The third-order valence-electron chi connectivity index (χ3n) is 2.93. The van der Waals surface area contributed by atoms with Crippen LogP contribution in [-0.2, 0) is 16.6 Å². The molecule has 0 radical (unpaired) electrons. The Kier molecular flexibility index (Phi) is 4.97. The van der Waals surface area contributed by atoms with Gasteiger partial charge in [-0.05, 0) is 59.2 Å². The molecular formula is C14H16BrN3O2S. The van der Waals surface area contributed by atoms with Crippen LogP contribution in [0.5, 0.6) is 0 Å². The van der Waals surface area contributed by atoms with Crippen LogP contribution in [0.4, 0.5) is 5.69 Å². The summed E-state index contributed by atoms with van der Waals surface area (Å²) >= 11 is 3.30. The minimum atomic E-state index is -3.66. The molecule has 0 spiro atoms. The van der Waals surface area contributed by atoms with Gasteiger partial charge >= 0.3 is 0 Å². The first-order valence-electron chi connectivity index (χ1n) is 6.30. The highest BCUT2D eigenvalue weighted by atomic mass is 79.9. The number of hydrogen-bond donors (Lipinski definition) is 2. The maximum Gasteiger partial charge on any atom is 0.263 e. The molecule has 7 heteroatoms. The Balaban J connectivity index is 2.40. The standard InChI is InChI=1S/C14H16BrN3O2S/c1-10-8-17-6-5-13(10)18-21(19,20)14-7-11(9-16-2)3-4-12(14)15/h3-8,16H,9H2,1-2H3,(H,17,18). The Bertz CT molecular complexity index is 748. The summed E-state index contributed by atoms with van der Waals surface area (Å²) in [4.78, 5) is 4.17. The molecule has 0 unspecified atom stereocenters. The maximum absolute atomic E-state index is 12.5. The second kappa shape index (κ2) is 6.55. The Morgan fingerprint density at radius 2 is 2.05 bits per heavy atom. The fraction of sp³-hybridized carbons (Fsp3) is 0.214. The molecule has 2 rings (SSSR count). The van der Waals surface area contributed by atoms with Crippen molar-refractivity contribution >= 4 is 31.6 Å². The van der Waals surface area contributed by atoms with Crippen LogP contribution in [0.25, 0.3) is 0 Å². The predicted molar refractivity (Wildman–Crippen MR) is 86.7 cm³/mol. The summed E-state index contributed by atoms with van der Waals surface area (Å²) in [6, 6.07) is 6.90. The molecule has 21 heavy (non-hydrogen) atoms. The number of nitrogens with one attached hydrogen (secondary N) is 2. The van der Waals surface area contributed by atoms with E-state index < -0.39 is 10.0 Å². The van der Waals surface area contributed by atoms with Crippen molar-refractivity contribution in [2.24, 2.45) is 0 Å². The Morgan fingerprint density at radius 3 is 2.71 bits per heavy atom. The first-order chi connectivity index (χ1) is 9.94. The number of hydrogen-bond acceptors (Lipinski definition) is 4. The van der Waals surface area contributed by atoms with Gasteiger partial charge in [-0.1, -0.05) is 6.07 Å². The fourth-order valence-corrected chi connectivity index (χ4v) is 4.00. The Hall–Kier alpha value is -1.44. The van der Waals surface area contributed by atoms with E-state index in [2.05, 4.69) is 31.0 Å². The van der Waals surface area contributed by atoms with Gasteiger partial charge in [0.2, 0.25) is 0 Å². The molecule has 5 nitrogen and oxygen atoms in total. The third kappa shape index (κ3) is 3.81. The van der Waals surface area contributed by atoms with Gasteiger partial charge in [0, 0.05) is 23.4 Å². The molecule has 1 heterocycles. The molecule has 112 valence electrons. The van der Waals surface area contributed by atoms with Crippen molar-refractivity contribution in [1.29, 1.82) is 0 Å². The van der Waals surface area contributed by atoms with Crippen LogP contribution in [0.3, 0.4) is 0 Å². The largest absolute Gasteiger partial charge is 0.316 e. The average molecular weight is 370 g/mol. The number of rotatable bonds is 5. The normalized spacial score (nSPS) is 11.4. The minimum Gasteiger partial charge on any atom is -0.316 e. The van der Waals surface area contributed by atoms with Gasteiger partial charge in [0.1, 0.15) is 4.90 Å². The number of benzene rings is 1. The molecule has 0 atom stereocenters. The van der Waals surface area contributed by atoms with Crippen molar-refractivity contribution in [3.63, 3.8) is 0 Å². The lowest BCUT2D eigenvalue weighted by atomic mass is 10.2. The van der Waals surface area contributed by atoms with Gasteiger partial charge in [0.25, 0.3) is 10.0 Å². The highest BCUT2D eigenvalue weighted by molar-refractivity contribution is 9.10. The Labute approximate surface area is 133 Å². The number of sulfonamides is 1. The number of anilines is 1. The molecular weight excluding hydrogens is 354 g/mol. The number of halogens is 1. The van der Waals surface area contributed by atoms with Gasteiger partial charge < -0.3 is 5.32 Å². The van der Waals surface area contributed by atoms with Crippen LogP contribution in [0.2, 0.25) is 0 Å². The Morgan fingerprint density at radius 1 is 1.29 bits per heavy atom. The molecule has 0 saturated heterocycles. The van der Waals surface area contributed by atoms with Crippen LogP contribution in [0, 0.1) is 6.92 Å². The SMILES string of the molecule is CNCc1ccc(Br)c(S(=O)(=O)Nc2ccncc2C)c1. The lowest BCUT2D eigenvalue weighted by molar-refractivity contribution is 0.600. The minimum absolute atomic E-state index is 0.214. The van der Waals surface area contributed by atoms with Gasteiger partial charge in [0.05, 0.1) is 5.69 Å². The van der Waals surface area contributed by atoms with Crippen LogP contribution in [0.1, 0.15) is 11.1 Å². The second-order valence-corrected chi connectivity index (χ2v) is 7.10. The van der Waals surface area contributed by atoms with Crippen molar-refractivity contribution < 1.29 is 8.42 Å². The highest BCUT2D eigenvalue weighted by Gasteiger charge is 2.19. The fourth-order valence-electron chi connectivity index (χ4n) is 1.86. The van der Waals surface area contributed by atoms with Crippen molar-refractivity contribution in [2.45, 2.75) is 18.4 Å². The maximum atomic E-state index is 12.5. The summed E-state index contributed by atoms with van der Waals surface area (Å²) in [7, 11) is -1.85. The summed E-state index contributed by atoms with van der Waals surface area (Å²) in [5, 5.41) is 3.00. The van der Waals surface area contributed by atoms with Crippen LogP contribution in [-0.4, -0.2) is 20.4 Å².